The molecule has 0 saturated carbocycles. The summed E-state index contributed by atoms with van der Waals surface area (Å²) in [5, 5.41) is 7.56. The molecule has 0 radical (unpaired) electrons. The van der Waals surface area contributed by atoms with E-state index in [9.17, 15) is 0 Å². The summed E-state index contributed by atoms with van der Waals surface area (Å²) in [6, 6.07) is 12.8. The highest BCUT2D eigenvalue weighted by Crippen LogP contribution is 2.28. The van der Waals surface area contributed by atoms with Crippen molar-refractivity contribution in [3.8, 4) is 10.4 Å². The van der Waals surface area contributed by atoms with Crippen LogP contribution in [0.25, 0.3) is 21.2 Å². The summed E-state index contributed by atoms with van der Waals surface area (Å²) in [5.41, 5.74) is 1.26. The van der Waals surface area contributed by atoms with Crippen molar-refractivity contribution in [3.05, 3.63) is 48.0 Å². The fraction of sp³-hybridized carbons (Fsp3) is 0.0714. The zero-order chi connectivity index (χ0) is 11.7. The lowest BCUT2D eigenvalue weighted by Crippen LogP contribution is -1.91. The minimum atomic E-state index is 0.904. The van der Waals surface area contributed by atoms with Gasteiger partial charge in [0.1, 0.15) is 5.82 Å². The van der Waals surface area contributed by atoms with Gasteiger partial charge in [-0.3, -0.25) is 0 Å². The Labute approximate surface area is 104 Å². The van der Waals surface area contributed by atoms with Gasteiger partial charge in [0.25, 0.3) is 0 Å². The monoisotopic (exact) mass is 240 g/mol. The summed E-state index contributed by atoms with van der Waals surface area (Å²) in [6.45, 7) is 0. The maximum atomic E-state index is 4.31. The van der Waals surface area contributed by atoms with Gasteiger partial charge in [-0.1, -0.05) is 18.2 Å². The smallest absolute Gasteiger partial charge is 0.126 e. The number of nitrogens with one attached hydrogen (secondary N) is 1. The fourth-order valence-electron chi connectivity index (χ4n) is 1.87. The highest BCUT2D eigenvalue weighted by atomic mass is 32.1. The Hall–Kier alpha value is -1.87. The van der Waals surface area contributed by atoms with Gasteiger partial charge in [0.15, 0.2) is 0 Å². The molecule has 17 heavy (non-hydrogen) atoms. The quantitative estimate of drug-likeness (QED) is 0.732. The van der Waals surface area contributed by atoms with Crippen molar-refractivity contribution in [1.82, 2.24) is 4.98 Å². The molecule has 84 valence electrons. The van der Waals surface area contributed by atoms with Crippen molar-refractivity contribution in [3.63, 3.8) is 0 Å². The fourth-order valence-corrected chi connectivity index (χ4v) is 2.60. The molecule has 0 amide bonds. The first-order chi connectivity index (χ1) is 8.36. The van der Waals surface area contributed by atoms with E-state index in [-0.39, 0.29) is 0 Å². The van der Waals surface area contributed by atoms with Gasteiger partial charge in [-0.05, 0) is 34.5 Å². The molecule has 2 aromatic heterocycles. The molecule has 2 nitrogen and oxygen atoms in total. The molecular weight excluding hydrogens is 228 g/mol. The van der Waals surface area contributed by atoms with Crippen molar-refractivity contribution < 1.29 is 0 Å². The molecule has 0 aliphatic carbocycles. The number of pyridine rings is 1. The van der Waals surface area contributed by atoms with Crippen molar-refractivity contribution >= 4 is 27.9 Å². The van der Waals surface area contributed by atoms with Gasteiger partial charge in [-0.2, -0.15) is 0 Å². The van der Waals surface area contributed by atoms with E-state index in [0.717, 1.165) is 5.82 Å². The van der Waals surface area contributed by atoms with Gasteiger partial charge in [0.2, 0.25) is 0 Å². The number of hydrogen-bond donors (Lipinski definition) is 1. The SMILES string of the molecule is CNc1cc2cc(-c3cccs3)ccc2cn1. The standard InChI is InChI=1S/C14H12N2S/c1-15-14-8-12-7-10(13-3-2-6-17-13)4-5-11(12)9-16-14/h2-9H,1H3,(H,15,16). The average Bonchev–Trinajstić information content (AvgIpc) is 2.91. The topological polar surface area (TPSA) is 24.9 Å². The van der Waals surface area contributed by atoms with Gasteiger partial charge >= 0.3 is 0 Å². The molecule has 1 N–H and O–H groups in total. The predicted octanol–water partition coefficient (Wildman–Crippen LogP) is 4.01. The highest BCUT2D eigenvalue weighted by Gasteiger charge is 2.01. The largest absolute Gasteiger partial charge is 0.373 e. The second-order valence-electron chi connectivity index (χ2n) is 3.86. The molecule has 0 fully saturated rings. The number of rotatable bonds is 2. The highest BCUT2D eigenvalue weighted by molar-refractivity contribution is 7.13. The molecule has 3 aromatic rings. The Kier molecular flexibility index (Phi) is 2.53. The number of anilines is 1. The zero-order valence-electron chi connectivity index (χ0n) is 9.47. The molecule has 0 atom stereocenters. The number of thiophene rings is 1. The van der Waals surface area contributed by atoms with Crippen LogP contribution in [0.15, 0.2) is 48.0 Å². The lowest BCUT2D eigenvalue weighted by Gasteiger charge is -2.04. The van der Waals surface area contributed by atoms with Crippen molar-refractivity contribution in [1.29, 1.82) is 0 Å². The van der Waals surface area contributed by atoms with Crippen LogP contribution in [0.4, 0.5) is 5.82 Å². The summed E-state index contributed by atoms with van der Waals surface area (Å²) >= 11 is 1.76. The molecule has 0 spiro atoms. The third-order valence-corrected chi connectivity index (χ3v) is 3.70. The van der Waals surface area contributed by atoms with Crippen LogP contribution in [0.1, 0.15) is 0 Å². The first kappa shape index (κ1) is 10.3. The lowest BCUT2D eigenvalue weighted by molar-refractivity contribution is 1.31. The molecule has 0 saturated heterocycles. The Balaban J connectivity index is 2.17. The van der Waals surface area contributed by atoms with Crippen LogP contribution in [-0.4, -0.2) is 12.0 Å². The number of nitrogens with zero attached hydrogens (tertiary/aromatic N) is 1. The van der Waals surface area contributed by atoms with Crippen LogP contribution < -0.4 is 5.32 Å². The second kappa shape index (κ2) is 4.18. The first-order valence-electron chi connectivity index (χ1n) is 5.48. The number of fused-ring (bicyclic) bond motifs is 1. The van der Waals surface area contributed by atoms with Crippen LogP contribution in [0.5, 0.6) is 0 Å². The van der Waals surface area contributed by atoms with E-state index >= 15 is 0 Å². The summed E-state index contributed by atoms with van der Waals surface area (Å²) in [7, 11) is 1.89. The molecule has 3 rings (SSSR count). The maximum absolute atomic E-state index is 4.31. The Morgan fingerprint density at radius 3 is 2.82 bits per heavy atom. The molecular formula is C14H12N2S. The van der Waals surface area contributed by atoms with Gasteiger partial charge < -0.3 is 5.32 Å². The number of hydrogen-bond acceptors (Lipinski definition) is 3. The van der Waals surface area contributed by atoms with Crippen molar-refractivity contribution in [2.75, 3.05) is 12.4 Å². The van der Waals surface area contributed by atoms with Gasteiger partial charge in [-0.15, -0.1) is 11.3 Å². The van der Waals surface area contributed by atoms with E-state index in [0.29, 0.717) is 0 Å². The third kappa shape index (κ3) is 1.89. The zero-order valence-corrected chi connectivity index (χ0v) is 10.3. The Morgan fingerprint density at radius 1 is 1.12 bits per heavy atom. The maximum Gasteiger partial charge on any atom is 0.126 e. The number of aromatic nitrogens is 1. The van der Waals surface area contributed by atoms with E-state index < -0.39 is 0 Å². The molecule has 0 aliphatic heterocycles. The normalized spacial score (nSPS) is 10.6. The number of benzene rings is 1. The summed E-state index contributed by atoms with van der Waals surface area (Å²) in [4.78, 5) is 5.61. The molecule has 0 unspecified atom stereocenters. The van der Waals surface area contributed by atoms with Crippen LogP contribution in [0.3, 0.4) is 0 Å². The van der Waals surface area contributed by atoms with E-state index in [4.69, 9.17) is 0 Å². The molecule has 3 heteroatoms. The van der Waals surface area contributed by atoms with E-state index in [1.165, 1.54) is 21.2 Å². The second-order valence-corrected chi connectivity index (χ2v) is 4.81. The van der Waals surface area contributed by atoms with E-state index in [2.05, 4.69) is 52.1 Å². The predicted molar refractivity (Wildman–Crippen MR) is 74.6 cm³/mol. The first-order valence-corrected chi connectivity index (χ1v) is 6.36. The van der Waals surface area contributed by atoms with Crippen LogP contribution in [-0.2, 0) is 0 Å². The summed E-state index contributed by atoms with van der Waals surface area (Å²) < 4.78 is 0. The summed E-state index contributed by atoms with van der Waals surface area (Å²) in [6.07, 6.45) is 1.90. The van der Waals surface area contributed by atoms with Gasteiger partial charge in [0, 0.05) is 23.5 Å². The minimum Gasteiger partial charge on any atom is -0.373 e. The van der Waals surface area contributed by atoms with Crippen molar-refractivity contribution in [2.45, 2.75) is 0 Å². The van der Waals surface area contributed by atoms with Crippen molar-refractivity contribution in [2.24, 2.45) is 0 Å². The Bertz CT molecular complexity index is 644. The van der Waals surface area contributed by atoms with E-state index in [1.807, 2.05) is 13.2 Å². The lowest BCUT2D eigenvalue weighted by atomic mass is 10.1. The summed E-state index contributed by atoms with van der Waals surface area (Å²) in [5.74, 6) is 0.904. The molecule has 0 aliphatic rings. The van der Waals surface area contributed by atoms with E-state index in [1.54, 1.807) is 11.3 Å². The van der Waals surface area contributed by atoms with Crippen LogP contribution >= 0.6 is 11.3 Å². The molecule has 1 aromatic carbocycles. The van der Waals surface area contributed by atoms with Gasteiger partial charge in [0.05, 0.1) is 0 Å². The van der Waals surface area contributed by atoms with Gasteiger partial charge in [-0.25, -0.2) is 4.98 Å². The van der Waals surface area contributed by atoms with Crippen LogP contribution in [0, 0.1) is 0 Å². The molecule has 2 heterocycles. The van der Waals surface area contributed by atoms with Crippen LogP contribution in [0.2, 0.25) is 0 Å². The minimum absolute atomic E-state index is 0.904. The molecule has 0 bridgehead atoms. The average molecular weight is 240 g/mol. The third-order valence-electron chi connectivity index (χ3n) is 2.78. The Morgan fingerprint density at radius 2 is 2.06 bits per heavy atom.